The third-order valence-electron chi connectivity index (χ3n) is 5.60. The van der Waals surface area contributed by atoms with E-state index >= 15 is 0 Å². The summed E-state index contributed by atoms with van der Waals surface area (Å²) in [7, 11) is 0. The average molecular weight is 466 g/mol. The number of nitrogens with one attached hydrogen (secondary N) is 1. The van der Waals surface area contributed by atoms with E-state index in [1.165, 1.54) is 17.7 Å². The molecule has 0 bridgehead atoms. The van der Waals surface area contributed by atoms with E-state index < -0.39 is 17.5 Å². The van der Waals surface area contributed by atoms with Gasteiger partial charge < -0.3 is 23.9 Å². The fourth-order valence-electron chi connectivity index (χ4n) is 3.67. The molecular weight excluding hydrogens is 438 g/mol. The lowest BCUT2D eigenvalue weighted by molar-refractivity contribution is -0.136. The molecule has 1 fully saturated rings. The summed E-state index contributed by atoms with van der Waals surface area (Å²) < 4.78 is 21.6. The molecule has 1 saturated heterocycles. The van der Waals surface area contributed by atoms with E-state index in [4.69, 9.17) is 18.6 Å². The zero-order valence-electron chi connectivity index (χ0n) is 19.2. The number of amides is 1. The van der Waals surface area contributed by atoms with Crippen LogP contribution in [0.3, 0.4) is 0 Å². The normalized spacial score (nSPS) is 15.4. The Labute approximate surface area is 196 Å². The standard InChI is InChI=1S/C26H27NO7/c1-16(2)17-5-8-19(9-6-17)32-15-24(28)33-20-10-7-18-12-22(26(30)34-23(18)13-20)25(29)27-14-21-4-3-11-31-21/h5-10,12-13,16,21H,3-4,11,14-15H2,1-2H3,(H,27,29). The van der Waals surface area contributed by atoms with Gasteiger partial charge in [-0.1, -0.05) is 26.0 Å². The molecule has 8 heteroatoms. The Morgan fingerprint density at radius 3 is 2.56 bits per heavy atom. The molecule has 34 heavy (non-hydrogen) atoms. The maximum Gasteiger partial charge on any atom is 0.349 e. The minimum atomic E-state index is -0.769. The van der Waals surface area contributed by atoms with Crippen molar-refractivity contribution >= 4 is 22.8 Å². The second kappa shape index (κ2) is 10.5. The Balaban J connectivity index is 1.36. The van der Waals surface area contributed by atoms with E-state index in [0.29, 0.717) is 30.2 Å². The smallest absolute Gasteiger partial charge is 0.349 e. The molecule has 1 N–H and O–H groups in total. The number of fused-ring (bicyclic) bond motifs is 1. The van der Waals surface area contributed by atoms with Crippen LogP contribution in [-0.4, -0.2) is 37.7 Å². The highest BCUT2D eigenvalue weighted by atomic mass is 16.6. The van der Waals surface area contributed by atoms with Crippen LogP contribution in [0.25, 0.3) is 11.0 Å². The number of ether oxygens (including phenoxy) is 3. The predicted octanol–water partition coefficient (Wildman–Crippen LogP) is 3.81. The highest BCUT2D eigenvalue weighted by Crippen LogP contribution is 2.22. The molecule has 8 nitrogen and oxygen atoms in total. The lowest BCUT2D eigenvalue weighted by Gasteiger charge is -2.11. The van der Waals surface area contributed by atoms with Gasteiger partial charge in [-0.2, -0.15) is 0 Å². The van der Waals surface area contributed by atoms with Crippen molar-refractivity contribution in [2.24, 2.45) is 0 Å². The lowest BCUT2D eigenvalue weighted by Crippen LogP contribution is -2.34. The number of rotatable bonds is 8. The first kappa shape index (κ1) is 23.5. The van der Waals surface area contributed by atoms with Crippen LogP contribution in [0.15, 0.2) is 57.7 Å². The fraction of sp³-hybridized carbons (Fsp3) is 0.346. The third kappa shape index (κ3) is 5.82. The van der Waals surface area contributed by atoms with Crippen molar-refractivity contribution in [2.75, 3.05) is 19.8 Å². The summed E-state index contributed by atoms with van der Waals surface area (Å²) in [4.78, 5) is 36.9. The number of hydrogen-bond acceptors (Lipinski definition) is 7. The number of hydrogen-bond donors (Lipinski definition) is 1. The summed E-state index contributed by atoms with van der Waals surface area (Å²) in [5, 5.41) is 3.24. The molecular formula is C26H27NO7. The maximum atomic E-state index is 12.4. The third-order valence-corrected chi connectivity index (χ3v) is 5.60. The predicted molar refractivity (Wildman–Crippen MR) is 125 cm³/mol. The van der Waals surface area contributed by atoms with Crippen molar-refractivity contribution in [2.45, 2.75) is 38.7 Å². The number of esters is 1. The Bertz CT molecular complexity index is 1220. The number of carbonyl (C=O) groups excluding carboxylic acids is 2. The summed E-state index contributed by atoms with van der Waals surface area (Å²) in [6.07, 6.45) is 1.81. The van der Waals surface area contributed by atoms with Gasteiger partial charge in [-0.05, 0) is 54.7 Å². The van der Waals surface area contributed by atoms with Crippen molar-refractivity contribution < 1.29 is 28.2 Å². The van der Waals surface area contributed by atoms with E-state index in [-0.39, 0.29) is 29.6 Å². The van der Waals surface area contributed by atoms with Crippen LogP contribution in [0, 0.1) is 0 Å². The first-order valence-electron chi connectivity index (χ1n) is 11.3. The van der Waals surface area contributed by atoms with E-state index in [1.807, 2.05) is 24.3 Å². The highest BCUT2D eigenvalue weighted by molar-refractivity contribution is 5.96. The quantitative estimate of drug-likeness (QED) is 0.306. The molecule has 1 aliphatic rings. The Kier molecular flexibility index (Phi) is 7.27. The average Bonchev–Trinajstić information content (AvgIpc) is 3.35. The van der Waals surface area contributed by atoms with Gasteiger partial charge in [0, 0.05) is 24.6 Å². The molecule has 1 aliphatic heterocycles. The van der Waals surface area contributed by atoms with Gasteiger partial charge in [0.25, 0.3) is 5.91 Å². The van der Waals surface area contributed by atoms with Gasteiger partial charge in [-0.3, -0.25) is 4.79 Å². The van der Waals surface area contributed by atoms with Crippen LogP contribution in [0.4, 0.5) is 0 Å². The molecule has 1 unspecified atom stereocenters. The zero-order valence-corrected chi connectivity index (χ0v) is 19.2. The maximum absolute atomic E-state index is 12.4. The van der Waals surface area contributed by atoms with Crippen molar-refractivity contribution in [3.63, 3.8) is 0 Å². The van der Waals surface area contributed by atoms with Crippen LogP contribution in [0.1, 0.15) is 48.5 Å². The van der Waals surface area contributed by atoms with E-state index in [9.17, 15) is 14.4 Å². The van der Waals surface area contributed by atoms with Gasteiger partial charge in [0.1, 0.15) is 22.6 Å². The molecule has 0 radical (unpaired) electrons. The van der Waals surface area contributed by atoms with Crippen LogP contribution in [-0.2, 0) is 9.53 Å². The van der Waals surface area contributed by atoms with Gasteiger partial charge in [0.05, 0.1) is 6.10 Å². The molecule has 1 aromatic heterocycles. The Morgan fingerprint density at radius 1 is 1.09 bits per heavy atom. The van der Waals surface area contributed by atoms with Gasteiger partial charge in [0.2, 0.25) is 0 Å². The summed E-state index contributed by atoms with van der Waals surface area (Å²) in [6.45, 7) is 4.95. The van der Waals surface area contributed by atoms with E-state index in [0.717, 1.165) is 12.8 Å². The Hall–Kier alpha value is -3.65. The molecule has 2 aromatic carbocycles. The zero-order chi connectivity index (χ0) is 24.1. The molecule has 1 atom stereocenters. The highest BCUT2D eigenvalue weighted by Gasteiger charge is 2.19. The molecule has 178 valence electrons. The molecule has 4 rings (SSSR count). The van der Waals surface area contributed by atoms with E-state index in [1.54, 1.807) is 12.1 Å². The monoisotopic (exact) mass is 465 g/mol. The molecule has 0 spiro atoms. The molecule has 2 heterocycles. The lowest BCUT2D eigenvalue weighted by atomic mass is 10.0. The first-order chi connectivity index (χ1) is 16.4. The number of benzene rings is 2. The van der Waals surface area contributed by atoms with E-state index in [2.05, 4.69) is 19.2 Å². The molecule has 0 saturated carbocycles. The van der Waals surface area contributed by atoms with Crippen molar-refractivity contribution in [3.05, 3.63) is 70.1 Å². The van der Waals surface area contributed by atoms with Crippen molar-refractivity contribution in [1.82, 2.24) is 5.32 Å². The van der Waals surface area contributed by atoms with Gasteiger partial charge in [-0.25, -0.2) is 9.59 Å². The summed E-state index contributed by atoms with van der Waals surface area (Å²) in [6, 6.07) is 13.6. The number of carbonyl (C=O) groups is 2. The Morgan fingerprint density at radius 2 is 1.85 bits per heavy atom. The molecule has 1 amide bonds. The molecule has 0 aliphatic carbocycles. The minimum absolute atomic E-state index is 0.0305. The SMILES string of the molecule is CC(C)c1ccc(OCC(=O)Oc2ccc3cc(C(=O)NCC4CCCO4)c(=O)oc3c2)cc1. The second-order valence-electron chi connectivity index (χ2n) is 8.48. The van der Waals surface area contributed by atoms with Crippen LogP contribution in [0.2, 0.25) is 0 Å². The second-order valence-corrected chi connectivity index (χ2v) is 8.48. The topological polar surface area (TPSA) is 104 Å². The largest absolute Gasteiger partial charge is 0.482 e. The summed E-state index contributed by atoms with van der Waals surface area (Å²) in [5.41, 5.74) is 0.522. The minimum Gasteiger partial charge on any atom is -0.482 e. The first-order valence-corrected chi connectivity index (χ1v) is 11.3. The fourth-order valence-corrected chi connectivity index (χ4v) is 3.67. The van der Waals surface area contributed by atoms with Gasteiger partial charge in [-0.15, -0.1) is 0 Å². The molecule has 3 aromatic rings. The van der Waals surface area contributed by atoms with Crippen LogP contribution >= 0.6 is 0 Å². The van der Waals surface area contributed by atoms with Crippen LogP contribution in [0.5, 0.6) is 11.5 Å². The van der Waals surface area contributed by atoms with Crippen molar-refractivity contribution in [1.29, 1.82) is 0 Å². The summed E-state index contributed by atoms with van der Waals surface area (Å²) in [5.74, 6) is 0.0649. The van der Waals surface area contributed by atoms with Crippen LogP contribution < -0.4 is 20.4 Å². The van der Waals surface area contributed by atoms with Gasteiger partial charge in [0.15, 0.2) is 6.61 Å². The summed E-state index contributed by atoms with van der Waals surface area (Å²) >= 11 is 0. The van der Waals surface area contributed by atoms with Gasteiger partial charge >= 0.3 is 11.6 Å². The van der Waals surface area contributed by atoms with Crippen molar-refractivity contribution in [3.8, 4) is 11.5 Å².